The fraction of sp³-hybridized carbons (Fsp3) is 0.800. The van der Waals surface area contributed by atoms with E-state index in [0.29, 0.717) is 6.04 Å². The Balaban J connectivity index is 0. The summed E-state index contributed by atoms with van der Waals surface area (Å²) in [7, 11) is 0. The molecule has 0 aliphatic carbocycles. The monoisotopic (exact) mass is 478 g/mol. The Kier molecular flexibility index (Phi) is 25.2. The maximum Gasteiger partial charge on any atom is 0.0463 e. The quantitative estimate of drug-likeness (QED) is 0.123. The van der Waals surface area contributed by atoms with Gasteiger partial charge in [-0.3, -0.25) is 0 Å². The minimum Gasteiger partial charge on any atom is -0.391 e. The second kappa shape index (κ2) is 24.7. The van der Waals surface area contributed by atoms with E-state index in [4.69, 9.17) is 0 Å². The zero-order valence-electron chi connectivity index (χ0n) is 24.2. The van der Waals surface area contributed by atoms with Crippen LogP contribution < -0.4 is 21.3 Å². The van der Waals surface area contributed by atoms with Gasteiger partial charge in [0.05, 0.1) is 0 Å². The Morgan fingerprint density at radius 1 is 0.824 bits per heavy atom. The van der Waals surface area contributed by atoms with Crippen molar-refractivity contribution in [2.75, 3.05) is 26.2 Å². The van der Waals surface area contributed by atoms with Crippen molar-refractivity contribution in [3.63, 3.8) is 0 Å². The molecule has 0 aliphatic heterocycles. The molecule has 0 saturated heterocycles. The van der Waals surface area contributed by atoms with Crippen molar-refractivity contribution in [2.45, 2.75) is 112 Å². The highest BCUT2D eigenvalue weighted by Crippen LogP contribution is 2.16. The SMILES string of the molecule is C=C(CCNC(=C)C(CCC)NCC)NCCCCC(C)C.C=CNCCC(C)CC(C)CC. The van der Waals surface area contributed by atoms with E-state index < -0.39 is 0 Å². The van der Waals surface area contributed by atoms with Crippen LogP contribution in [0.4, 0.5) is 0 Å². The largest absolute Gasteiger partial charge is 0.391 e. The highest BCUT2D eigenvalue weighted by Gasteiger charge is 2.09. The van der Waals surface area contributed by atoms with E-state index in [-0.39, 0.29) is 0 Å². The molecule has 34 heavy (non-hydrogen) atoms. The van der Waals surface area contributed by atoms with Crippen LogP contribution in [0.3, 0.4) is 0 Å². The summed E-state index contributed by atoms with van der Waals surface area (Å²) < 4.78 is 0. The predicted octanol–water partition coefficient (Wildman–Crippen LogP) is 7.37. The summed E-state index contributed by atoms with van der Waals surface area (Å²) in [4.78, 5) is 0. The molecule has 0 saturated carbocycles. The van der Waals surface area contributed by atoms with Crippen LogP contribution in [0.2, 0.25) is 0 Å². The fourth-order valence-corrected chi connectivity index (χ4v) is 3.87. The van der Waals surface area contributed by atoms with Gasteiger partial charge in [-0.1, -0.05) is 93.9 Å². The highest BCUT2D eigenvalue weighted by atomic mass is 15.0. The van der Waals surface area contributed by atoms with Crippen LogP contribution in [-0.2, 0) is 0 Å². The first-order chi connectivity index (χ1) is 16.2. The van der Waals surface area contributed by atoms with Crippen molar-refractivity contribution < 1.29 is 0 Å². The van der Waals surface area contributed by atoms with Gasteiger partial charge in [-0.05, 0) is 56.2 Å². The topological polar surface area (TPSA) is 48.1 Å². The molecule has 0 spiro atoms. The van der Waals surface area contributed by atoms with E-state index >= 15 is 0 Å². The average molecular weight is 479 g/mol. The Labute approximate surface area is 214 Å². The molecule has 0 aromatic carbocycles. The van der Waals surface area contributed by atoms with Crippen molar-refractivity contribution in [3.05, 3.63) is 37.3 Å². The molecule has 202 valence electrons. The number of hydrogen-bond acceptors (Lipinski definition) is 4. The second-order valence-electron chi connectivity index (χ2n) is 10.3. The Morgan fingerprint density at radius 2 is 1.53 bits per heavy atom. The first-order valence-electron chi connectivity index (χ1n) is 14.1. The smallest absolute Gasteiger partial charge is 0.0463 e. The first-order valence-corrected chi connectivity index (χ1v) is 14.1. The van der Waals surface area contributed by atoms with Crippen molar-refractivity contribution in [1.29, 1.82) is 0 Å². The molecule has 4 N–H and O–H groups in total. The summed E-state index contributed by atoms with van der Waals surface area (Å²) in [5.41, 5.74) is 2.23. The predicted molar refractivity (Wildman–Crippen MR) is 156 cm³/mol. The summed E-state index contributed by atoms with van der Waals surface area (Å²) in [5, 5.41) is 13.5. The molecular weight excluding hydrogens is 416 g/mol. The lowest BCUT2D eigenvalue weighted by Gasteiger charge is -2.21. The number of likely N-dealkylation sites (N-methyl/N-ethyl adjacent to an activating group) is 1. The average Bonchev–Trinajstić information content (AvgIpc) is 2.79. The lowest BCUT2D eigenvalue weighted by Crippen LogP contribution is -2.36. The molecule has 3 atom stereocenters. The van der Waals surface area contributed by atoms with Crippen LogP contribution in [0, 0.1) is 17.8 Å². The molecule has 4 heteroatoms. The number of hydrogen-bond donors (Lipinski definition) is 4. The van der Waals surface area contributed by atoms with Gasteiger partial charge in [0.2, 0.25) is 0 Å². The van der Waals surface area contributed by atoms with Crippen LogP contribution in [-0.4, -0.2) is 32.2 Å². The summed E-state index contributed by atoms with van der Waals surface area (Å²) >= 11 is 0. The van der Waals surface area contributed by atoms with Crippen LogP contribution in [0.1, 0.15) is 106 Å². The van der Waals surface area contributed by atoms with Crippen LogP contribution in [0.5, 0.6) is 0 Å². The van der Waals surface area contributed by atoms with Crippen molar-refractivity contribution >= 4 is 0 Å². The summed E-state index contributed by atoms with van der Waals surface area (Å²) in [6.45, 7) is 31.7. The van der Waals surface area contributed by atoms with Crippen LogP contribution in [0.15, 0.2) is 37.3 Å². The molecule has 0 aliphatic rings. The van der Waals surface area contributed by atoms with E-state index in [1.807, 2.05) is 0 Å². The van der Waals surface area contributed by atoms with Gasteiger partial charge in [0.1, 0.15) is 0 Å². The third-order valence-electron chi connectivity index (χ3n) is 6.24. The van der Waals surface area contributed by atoms with Crippen molar-refractivity contribution in [2.24, 2.45) is 17.8 Å². The summed E-state index contributed by atoms with van der Waals surface area (Å²) in [6, 6.07) is 0.382. The maximum absolute atomic E-state index is 4.17. The highest BCUT2D eigenvalue weighted by molar-refractivity contribution is 5.04. The van der Waals surface area contributed by atoms with Gasteiger partial charge in [0.15, 0.2) is 0 Å². The molecule has 0 aromatic heterocycles. The van der Waals surface area contributed by atoms with E-state index in [9.17, 15) is 0 Å². The molecule has 0 rings (SSSR count). The van der Waals surface area contributed by atoms with Gasteiger partial charge in [-0.25, -0.2) is 0 Å². The third-order valence-corrected chi connectivity index (χ3v) is 6.24. The first kappa shape index (κ1) is 34.7. The minimum absolute atomic E-state index is 0.382. The van der Waals surface area contributed by atoms with Gasteiger partial charge < -0.3 is 21.3 Å². The van der Waals surface area contributed by atoms with Crippen LogP contribution in [0.25, 0.3) is 0 Å². The lowest BCUT2D eigenvalue weighted by molar-refractivity contribution is 0.386. The van der Waals surface area contributed by atoms with Gasteiger partial charge in [0.25, 0.3) is 0 Å². The molecule has 4 nitrogen and oxygen atoms in total. The Hall–Kier alpha value is -1.42. The van der Waals surface area contributed by atoms with E-state index in [1.54, 1.807) is 6.20 Å². The fourth-order valence-electron chi connectivity index (χ4n) is 3.87. The molecule has 0 radical (unpaired) electrons. The Bertz CT molecular complexity index is 480. The van der Waals surface area contributed by atoms with Gasteiger partial charge in [-0.2, -0.15) is 0 Å². The molecule has 0 aromatic rings. The third kappa shape index (κ3) is 23.7. The van der Waals surface area contributed by atoms with Crippen LogP contribution >= 0.6 is 0 Å². The molecule has 0 heterocycles. The molecule has 0 fully saturated rings. The van der Waals surface area contributed by atoms with Gasteiger partial charge in [-0.15, -0.1) is 0 Å². The maximum atomic E-state index is 4.17. The Morgan fingerprint density at radius 3 is 2.09 bits per heavy atom. The van der Waals surface area contributed by atoms with E-state index in [1.165, 1.54) is 44.9 Å². The van der Waals surface area contributed by atoms with E-state index in [0.717, 1.165) is 68.2 Å². The molecular formula is C30H62N4. The zero-order valence-corrected chi connectivity index (χ0v) is 24.2. The second-order valence-corrected chi connectivity index (χ2v) is 10.3. The molecule has 3 unspecified atom stereocenters. The molecule has 0 bridgehead atoms. The van der Waals surface area contributed by atoms with Gasteiger partial charge >= 0.3 is 0 Å². The molecule has 0 amide bonds. The minimum atomic E-state index is 0.382. The summed E-state index contributed by atoms with van der Waals surface area (Å²) in [6.07, 6.45) is 12.8. The van der Waals surface area contributed by atoms with Gasteiger partial charge in [0, 0.05) is 43.5 Å². The normalized spacial score (nSPS) is 13.3. The zero-order chi connectivity index (χ0) is 26.2. The number of nitrogens with one attached hydrogen (secondary N) is 4. The standard InChI is InChI=1S/C19H39N3.C11H23N/c1-7-11-19(20-8-2)18(6)22-15-13-17(5)21-14-10-9-12-16(3)4;1-5-10(3)9-11(4)7-8-12-6-2/h16,19-22H,5-15H2,1-4H3;6,10-12H,2,5,7-9H2,1,3-4H3. The number of unbranched alkanes of at least 4 members (excludes halogenated alkanes) is 1. The van der Waals surface area contributed by atoms with Crippen molar-refractivity contribution in [1.82, 2.24) is 21.3 Å². The lowest BCUT2D eigenvalue weighted by atomic mass is 9.93. The van der Waals surface area contributed by atoms with E-state index in [2.05, 4.69) is 89.5 Å². The number of rotatable bonds is 22. The van der Waals surface area contributed by atoms with Crippen molar-refractivity contribution in [3.8, 4) is 0 Å². The summed E-state index contributed by atoms with van der Waals surface area (Å²) in [5.74, 6) is 2.53.